The molecule has 1 N–H and O–H groups in total. The predicted octanol–water partition coefficient (Wildman–Crippen LogP) is 0.253. The van der Waals surface area contributed by atoms with Crippen LogP contribution in [0.15, 0.2) is 33.9 Å². The van der Waals surface area contributed by atoms with Crippen LogP contribution in [-0.4, -0.2) is 22.6 Å². The lowest BCUT2D eigenvalue weighted by atomic mass is 10.2. The molecule has 1 aromatic heterocycles. The van der Waals surface area contributed by atoms with Crippen molar-refractivity contribution in [2.75, 3.05) is 7.11 Å². The molecule has 0 saturated carbocycles. The van der Waals surface area contributed by atoms with Gasteiger partial charge in [0.15, 0.2) is 0 Å². The van der Waals surface area contributed by atoms with Gasteiger partial charge in [0.05, 0.1) is 24.4 Å². The molecule has 0 atom stereocenters. The molecule has 0 spiro atoms. The number of carbonyl (C=O) groups excluding carboxylic acids is 1. The van der Waals surface area contributed by atoms with Crippen LogP contribution in [-0.2, 0) is 16.1 Å². The summed E-state index contributed by atoms with van der Waals surface area (Å²) >= 11 is 0. The first-order valence-electron chi connectivity index (χ1n) is 5.42. The second-order valence-corrected chi connectivity index (χ2v) is 3.75. The summed E-state index contributed by atoms with van der Waals surface area (Å²) in [5.74, 6) is -0.405. The molecule has 0 amide bonds. The van der Waals surface area contributed by atoms with E-state index in [-0.39, 0.29) is 13.0 Å². The van der Waals surface area contributed by atoms with E-state index in [2.05, 4.69) is 9.72 Å². The molecule has 0 fully saturated rings. The fourth-order valence-corrected chi connectivity index (χ4v) is 1.77. The van der Waals surface area contributed by atoms with Crippen LogP contribution in [0.5, 0.6) is 0 Å². The van der Waals surface area contributed by atoms with E-state index in [1.807, 2.05) is 0 Å². The molecule has 0 saturated heterocycles. The number of para-hydroxylation sites is 1. The van der Waals surface area contributed by atoms with Gasteiger partial charge in [-0.1, -0.05) is 12.1 Å². The summed E-state index contributed by atoms with van der Waals surface area (Å²) in [6.07, 6.45) is 0.0758. The lowest BCUT2D eigenvalue weighted by Crippen LogP contribution is -2.31. The minimum atomic E-state index is -0.525. The molecule has 2 rings (SSSR count). The molecule has 0 aliphatic rings. The Morgan fingerprint density at radius 1 is 1.33 bits per heavy atom. The summed E-state index contributed by atoms with van der Waals surface area (Å²) in [5.41, 5.74) is -0.442. The number of hydrogen-bond donors (Lipinski definition) is 1. The average Bonchev–Trinajstić information content (AvgIpc) is 2.38. The van der Waals surface area contributed by atoms with E-state index in [4.69, 9.17) is 0 Å². The summed E-state index contributed by atoms with van der Waals surface area (Å²) in [5, 5.41) is 0.418. The predicted molar refractivity (Wildman–Crippen MR) is 65.5 cm³/mol. The number of nitrogens with zero attached hydrogens (tertiary/aromatic N) is 1. The molecule has 18 heavy (non-hydrogen) atoms. The molecule has 0 radical (unpaired) electrons. The Hall–Kier alpha value is -2.37. The van der Waals surface area contributed by atoms with E-state index in [0.717, 1.165) is 0 Å². The van der Waals surface area contributed by atoms with Gasteiger partial charge in [-0.3, -0.25) is 19.1 Å². The number of fused-ring (bicyclic) bond motifs is 1. The van der Waals surface area contributed by atoms with Gasteiger partial charge in [-0.05, 0) is 12.1 Å². The van der Waals surface area contributed by atoms with E-state index in [9.17, 15) is 14.4 Å². The van der Waals surface area contributed by atoms with Crippen LogP contribution >= 0.6 is 0 Å². The van der Waals surface area contributed by atoms with Crippen molar-refractivity contribution in [1.82, 2.24) is 9.55 Å². The summed E-state index contributed by atoms with van der Waals surface area (Å²) in [6.45, 7) is 0.169. The van der Waals surface area contributed by atoms with Gasteiger partial charge >= 0.3 is 11.7 Å². The maximum atomic E-state index is 11.7. The van der Waals surface area contributed by atoms with E-state index in [1.54, 1.807) is 24.3 Å². The molecule has 6 heteroatoms. The van der Waals surface area contributed by atoms with Crippen LogP contribution in [0.2, 0.25) is 0 Å². The average molecular weight is 248 g/mol. The van der Waals surface area contributed by atoms with E-state index >= 15 is 0 Å². The number of carbonyl (C=O) groups is 1. The van der Waals surface area contributed by atoms with Gasteiger partial charge in [0.2, 0.25) is 0 Å². The molecule has 0 aliphatic heterocycles. The van der Waals surface area contributed by atoms with Crippen LogP contribution in [0.3, 0.4) is 0 Å². The minimum Gasteiger partial charge on any atom is -0.469 e. The second-order valence-electron chi connectivity index (χ2n) is 3.75. The van der Waals surface area contributed by atoms with Gasteiger partial charge in [0.1, 0.15) is 0 Å². The number of benzene rings is 1. The van der Waals surface area contributed by atoms with Crippen molar-refractivity contribution in [1.29, 1.82) is 0 Å². The quantitative estimate of drug-likeness (QED) is 0.789. The Kier molecular flexibility index (Phi) is 3.27. The first kappa shape index (κ1) is 12.1. The molecule has 94 valence electrons. The van der Waals surface area contributed by atoms with Crippen molar-refractivity contribution in [2.24, 2.45) is 0 Å². The molecular formula is C12H12N2O4. The standard InChI is InChI=1S/C12H12N2O4/c1-18-10(15)6-7-14-9-5-3-2-4-8(9)11(16)13-12(14)17/h2-5H,6-7H2,1H3,(H,13,16,17). The first-order chi connectivity index (χ1) is 8.63. The number of esters is 1. The molecule has 0 unspecified atom stereocenters. The van der Waals surface area contributed by atoms with Crippen molar-refractivity contribution in [3.63, 3.8) is 0 Å². The zero-order chi connectivity index (χ0) is 13.1. The topological polar surface area (TPSA) is 81.2 Å². The van der Waals surface area contributed by atoms with Gasteiger partial charge in [0.25, 0.3) is 5.56 Å². The number of H-pyrrole nitrogens is 1. The normalized spacial score (nSPS) is 10.5. The highest BCUT2D eigenvalue weighted by Gasteiger charge is 2.08. The van der Waals surface area contributed by atoms with E-state index in [1.165, 1.54) is 11.7 Å². The summed E-state index contributed by atoms with van der Waals surface area (Å²) in [4.78, 5) is 36.6. The highest BCUT2D eigenvalue weighted by molar-refractivity contribution is 5.78. The minimum absolute atomic E-state index is 0.0758. The summed E-state index contributed by atoms with van der Waals surface area (Å²) in [6, 6.07) is 6.74. The number of aromatic amines is 1. The molecular weight excluding hydrogens is 236 g/mol. The number of methoxy groups -OCH3 is 1. The van der Waals surface area contributed by atoms with Crippen LogP contribution in [0.25, 0.3) is 10.9 Å². The third-order valence-electron chi connectivity index (χ3n) is 2.67. The van der Waals surface area contributed by atoms with Gasteiger partial charge in [-0.25, -0.2) is 4.79 Å². The molecule has 0 aliphatic carbocycles. The van der Waals surface area contributed by atoms with Crippen molar-refractivity contribution in [2.45, 2.75) is 13.0 Å². The highest BCUT2D eigenvalue weighted by atomic mass is 16.5. The SMILES string of the molecule is COC(=O)CCn1c(=O)[nH]c(=O)c2ccccc21. The van der Waals surface area contributed by atoms with Crippen molar-refractivity contribution >= 4 is 16.9 Å². The van der Waals surface area contributed by atoms with Crippen LogP contribution in [0.1, 0.15) is 6.42 Å². The highest BCUT2D eigenvalue weighted by Crippen LogP contribution is 2.07. The van der Waals surface area contributed by atoms with Crippen molar-refractivity contribution in [3.8, 4) is 0 Å². The molecule has 1 aromatic carbocycles. The van der Waals surface area contributed by atoms with Crippen molar-refractivity contribution in [3.05, 3.63) is 45.1 Å². The zero-order valence-corrected chi connectivity index (χ0v) is 9.80. The Morgan fingerprint density at radius 3 is 2.78 bits per heavy atom. The third-order valence-corrected chi connectivity index (χ3v) is 2.67. The number of rotatable bonds is 3. The molecule has 2 aromatic rings. The van der Waals surface area contributed by atoms with E-state index in [0.29, 0.717) is 10.9 Å². The Balaban J connectivity index is 2.53. The first-order valence-corrected chi connectivity index (χ1v) is 5.42. The van der Waals surface area contributed by atoms with Crippen LogP contribution in [0.4, 0.5) is 0 Å². The second kappa shape index (κ2) is 4.87. The third kappa shape index (κ3) is 2.17. The van der Waals surface area contributed by atoms with Gasteiger partial charge < -0.3 is 4.74 Å². The maximum Gasteiger partial charge on any atom is 0.328 e. The molecule has 6 nitrogen and oxygen atoms in total. The van der Waals surface area contributed by atoms with Gasteiger partial charge in [-0.2, -0.15) is 0 Å². The smallest absolute Gasteiger partial charge is 0.328 e. The largest absolute Gasteiger partial charge is 0.469 e. The zero-order valence-electron chi connectivity index (χ0n) is 9.80. The Labute approximate surface area is 102 Å². The fourth-order valence-electron chi connectivity index (χ4n) is 1.77. The lowest BCUT2D eigenvalue weighted by Gasteiger charge is -2.08. The number of ether oxygens (including phenoxy) is 1. The van der Waals surface area contributed by atoms with Crippen molar-refractivity contribution < 1.29 is 9.53 Å². The summed E-state index contributed by atoms with van der Waals surface area (Å²) in [7, 11) is 1.29. The lowest BCUT2D eigenvalue weighted by molar-refractivity contribution is -0.140. The van der Waals surface area contributed by atoms with Gasteiger partial charge in [0, 0.05) is 6.54 Å². The molecule has 1 heterocycles. The monoisotopic (exact) mass is 248 g/mol. The number of aromatic nitrogens is 2. The number of aryl methyl sites for hydroxylation is 1. The Bertz CT molecular complexity index is 699. The molecule has 0 bridgehead atoms. The summed E-state index contributed by atoms with van der Waals surface area (Å²) < 4.78 is 5.88. The van der Waals surface area contributed by atoms with Crippen LogP contribution < -0.4 is 11.2 Å². The van der Waals surface area contributed by atoms with Gasteiger partial charge in [-0.15, -0.1) is 0 Å². The Morgan fingerprint density at radius 2 is 2.06 bits per heavy atom. The number of hydrogen-bond acceptors (Lipinski definition) is 4. The number of nitrogens with one attached hydrogen (secondary N) is 1. The van der Waals surface area contributed by atoms with Crippen LogP contribution in [0, 0.1) is 0 Å². The van der Waals surface area contributed by atoms with E-state index < -0.39 is 17.2 Å². The maximum absolute atomic E-state index is 11.7. The fraction of sp³-hybridized carbons (Fsp3) is 0.250.